The maximum absolute atomic E-state index is 2.12. The lowest BCUT2D eigenvalue weighted by Gasteiger charge is -1.98. The van der Waals surface area contributed by atoms with E-state index in [9.17, 15) is 0 Å². The molecule has 0 aromatic heterocycles. The van der Waals surface area contributed by atoms with Gasteiger partial charge in [-0.05, 0) is 18.1 Å². The molecule has 0 nitrogen and oxygen atoms in total. The molecule has 0 unspecified atom stereocenters. The van der Waals surface area contributed by atoms with Crippen LogP contribution in [-0.2, 0) is 0 Å². The van der Waals surface area contributed by atoms with Crippen molar-refractivity contribution in [1.29, 1.82) is 0 Å². The van der Waals surface area contributed by atoms with E-state index in [1.807, 2.05) is 30.3 Å². The molecule has 0 aliphatic rings. The molecular weight excluding hydrogens is 228 g/mol. The van der Waals surface area contributed by atoms with Crippen molar-refractivity contribution < 1.29 is 0 Å². The highest BCUT2D eigenvalue weighted by Gasteiger charge is 1.91. The predicted octanol–water partition coefficient (Wildman–Crippen LogP) is 5.35. The molecule has 0 fully saturated rings. The molecule has 0 bridgehead atoms. The number of hydrogen-bond donors (Lipinski definition) is 0. The minimum Gasteiger partial charge on any atom is -0.0622 e. The van der Waals surface area contributed by atoms with Crippen molar-refractivity contribution >= 4 is 0 Å². The Labute approximate surface area is 115 Å². The van der Waals surface area contributed by atoms with Crippen LogP contribution in [0.1, 0.15) is 5.56 Å². The summed E-state index contributed by atoms with van der Waals surface area (Å²) in [6, 6.07) is 31.0. The van der Waals surface area contributed by atoms with Gasteiger partial charge in [0, 0.05) is 0 Å². The molecule has 0 atom stereocenters. The molecule has 0 amide bonds. The first-order chi connectivity index (χ1) is 9.36. The van der Waals surface area contributed by atoms with Crippen LogP contribution in [0.4, 0.5) is 0 Å². The molecule has 3 rings (SSSR count). The number of benzene rings is 3. The Bertz CT molecular complexity index is 531. The molecule has 19 heavy (non-hydrogen) atoms. The molecule has 3 aromatic carbocycles. The molecule has 0 heteroatoms. The van der Waals surface area contributed by atoms with E-state index in [-0.39, 0.29) is 0 Å². The average molecular weight is 246 g/mol. The zero-order chi connectivity index (χ0) is 13.3. The minimum absolute atomic E-state index is 1.28. The van der Waals surface area contributed by atoms with Crippen LogP contribution in [-0.4, -0.2) is 0 Å². The standard InChI is InChI=1S/C12H10.C7H8/c1-3-7-11(8-4-1)12-9-5-2-6-10-12;1-7-5-3-2-4-6-7/h1-10H;2-6H,1H3. The van der Waals surface area contributed by atoms with Gasteiger partial charge in [0.2, 0.25) is 0 Å². The van der Waals surface area contributed by atoms with Crippen LogP contribution in [0, 0.1) is 6.92 Å². The van der Waals surface area contributed by atoms with Crippen molar-refractivity contribution in [2.24, 2.45) is 0 Å². The summed E-state index contributed by atoms with van der Waals surface area (Å²) in [5.74, 6) is 0. The number of hydrogen-bond acceptors (Lipinski definition) is 0. The molecule has 94 valence electrons. The van der Waals surface area contributed by atoms with E-state index in [4.69, 9.17) is 0 Å². The highest BCUT2D eigenvalue weighted by atomic mass is 14.0. The van der Waals surface area contributed by atoms with Crippen LogP contribution in [0.25, 0.3) is 11.1 Å². The summed E-state index contributed by atoms with van der Waals surface area (Å²) in [6.45, 7) is 2.08. The van der Waals surface area contributed by atoms with Crippen molar-refractivity contribution in [1.82, 2.24) is 0 Å². The van der Waals surface area contributed by atoms with Crippen LogP contribution in [0.15, 0.2) is 91.0 Å². The molecule has 3 aromatic rings. The molecule has 0 saturated carbocycles. The second kappa shape index (κ2) is 7.17. The van der Waals surface area contributed by atoms with E-state index in [1.165, 1.54) is 16.7 Å². The average Bonchev–Trinajstić information content (AvgIpc) is 2.51. The Balaban J connectivity index is 0.000000163. The van der Waals surface area contributed by atoms with Gasteiger partial charge < -0.3 is 0 Å². The normalized spacial score (nSPS) is 9.32. The van der Waals surface area contributed by atoms with Gasteiger partial charge in [-0.15, -0.1) is 0 Å². The van der Waals surface area contributed by atoms with Gasteiger partial charge in [-0.1, -0.05) is 96.6 Å². The van der Waals surface area contributed by atoms with E-state index in [2.05, 4.69) is 67.6 Å². The second-order valence-corrected chi connectivity index (χ2v) is 4.39. The maximum atomic E-state index is 2.12. The summed E-state index contributed by atoms with van der Waals surface area (Å²) in [5.41, 5.74) is 3.87. The highest BCUT2D eigenvalue weighted by Crippen LogP contribution is 2.17. The van der Waals surface area contributed by atoms with Gasteiger partial charge in [-0.2, -0.15) is 0 Å². The smallest absolute Gasteiger partial charge is 0.0184 e. The number of aryl methyl sites for hydroxylation is 1. The third-order valence-electron chi connectivity index (χ3n) is 2.82. The van der Waals surface area contributed by atoms with Crippen LogP contribution in [0.2, 0.25) is 0 Å². The Morgan fingerprint density at radius 2 is 0.737 bits per heavy atom. The van der Waals surface area contributed by atoms with Crippen molar-refractivity contribution in [3.05, 3.63) is 96.6 Å². The molecular formula is C19H18. The fraction of sp³-hybridized carbons (Fsp3) is 0.0526. The second-order valence-electron chi connectivity index (χ2n) is 4.39. The molecule has 0 radical (unpaired) electrons. The molecule has 0 spiro atoms. The zero-order valence-electron chi connectivity index (χ0n) is 11.2. The van der Waals surface area contributed by atoms with Gasteiger partial charge in [0.05, 0.1) is 0 Å². The van der Waals surface area contributed by atoms with Gasteiger partial charge in [-0.25, -0.2) is 0 Å². The molecule has 0 heterocycles. The van der Waals surface area contributed by atoms with Crippen LogP contribution >= 0.6 is 0 Å². The van der Waals surface area contributed by atoms with Gasteiger partial charge >= 0.3 is 0 Å². The van der Waals surface area contributed by atoms with Crippen molar-refractivity contribution in [3.63, 3.8) is 0 Å². The van der Waals surface area contributed by atoms with E-state index < -0.39 is 0 Å². The van der Waals surface area contributed by atoms with Crippen molar-refractivity contribution in [3.8, 4) is 11.1 Å². The predicted molar refractivity (Wildman–Crippen MR) is 83.1 cm³/mol. The van der Waals surface area contributed by atoms with E-state index in [0.29, 0.717) is 0 Å². The summed E-state index contributed by atoms with van der Waals surface area (Å²) in [6.07, 6.45) is 0. The van der Waals surface area contributed by atoms with Crippen molar-refractivity contribution in [2.45, 2.75) is 6.92 Å². The lowest BCUT2D eigenvalue weighted by molar-refractivity contribution is 1.48. The highest BCUT2D eigenvalue weighted by molar-refractivity contribution is 5.62. The fourth-order valence-corrected chi connectivity index (χ4v) is 1.80. The van der Waals surface area contributed by atoms with Gasteiger partial charge in [0.25, 0.3) is 0 Å². The third-order valence-corrected chi connectivity index (χ3v) is 2.82. The van der Waals surface area contributed by atoms with Crippen LogP contribution in [0.3, 0.4) is 0 Å². The van der Waals surface area contributed by atoms with Gasteiger partial charge in [0.15, 0.2) is 0 Å². The maximum Gasteiger partial charge on any atom is -0.0184 e. The van der Waals surface area contributed by atoms with Gasteiger partial charge in [0.1, 0.15) is 0 Å². The molecule has 0 aliphatic carbocycles. The summed E-state index contributed by atoms with van der Waals surface area (Å²) in [4.78, 5) is 0. The number of rotatable bonds is 1. The summed E-state index contributed by atoms with van der Waals surface area (Å²) >= 11 is 0. The van der Waals surface area contributed by atoms with Crippen LogP contribution < -0.4 is 0 Å². The van der Waals surface area contributed by atoms with E-state index in [1.54, 1.807) is 0 Å². The first kappa shape index (κ1) is 13.1. The van der Waals surface area contributed by atoms with E-state index >= 15 is 0 Å². The topological polar surface area (TPSA) is 0 Å². The van der Waals surface area contributed by atoms with Crippen molar-refractivity contribution in [2.75, 3.05) is 0 Å². The Kier molecular flexibility index (Phi) is 4.95. The lowest BCUT2D eigenvalue weighted by Crippen LogP contribution is -1.73. The minimum atomic E-state index is 1.28. The summed E-state index contributed by atoms with van der Waals surface area (Å²) < 4.78 is 0. The summed E-state index contributed by atoms with van der Waals surface area (Å²) in [5, 5.41) is 0. The largest absolute Gasteiger partial charge is 0.0622 e. The lowest BCUT2D eigenvalue weighted by atomic mass is 10.1. The first-order valence-corrected chi connectivity index (χ1v) is 6.48. The molecule has 0 saturated heterocycles. The molecule has 0 N–H and O–H groups in total. The zero-order valence-corrected chi connectivity index (χ0v) is 11.2. The Morgan fingerprint density at radius 1 is 0.421 bits per heavy atom. The van der Waals surface area contributed by atoms with E-state index in [0.717, 1.165) is 0 Å². The first-order valence-electron chi connectivity index (χ1n) is 6.48. The third kappa shape index (κ3) is 4.44. The Morgan fingerprint density at radius 3 is 1.00 bits per heavy atom. The monoisotopic (exact) mass is 246 g/mol. The quantitative estimate of drug-likeness (QED) is 0.543. The summed E-state index contributed by atoms with van der Waals surface area (Å²) in [7, 11) is 0. The SMILES string of the molecule is Cc1ccccc1.c1ccc(-c2ccccc2)cc1. The fourth-order valence-electron chi connectivity index (χ4n) is 1.80. The van der Waals surface area contributed by atoms with Crippen LogP contribution in [0.5, 0.6) is 0 Å². The van der Waals surface area contributed by atoms with Gasteiger partial charge in [-0.3, -0.25) is 0 Å². The Hall–Kier alpha value is -2.34. The molecule has 0 aliphatic heterocycles.